The van der Waals surface area contributed by atoms with Crippen LogP contribution in [0.5, 0.6) is 0 Å². The lowest BCUT2D eigenvalue weighted by molar-refractivity contribution is 0.0185. The predicted octanol–water partition coefficient (Wildman–Crippen LogP) is 2.32. The first-order chi connectivity index (χ1) is 8.33. The van der Waals surface area contributed by atoms with E-state index in [-0.39, 0.29) is 6.09 Å². The van der Waals surface area contributed by atoms with Crippen LogP contribution in [0.4, 0.5) is 4.79 Å². The fourth-order valence-electron chi connectivity index (χ4n) is 1.88. The van der Waals surface area contributed by atoms with Gasteiger partial charge in [-0.3, -0.25) is 5.41 Å². The Labute approximate surface area is 110 Å². The van der Waals surface area contributed by atoms with Crippen molar-refractivity contribution in [3.05, 3.63) is 0 Å². The van der Waals surface area contributed by atoms with Gasteiger partial charge in [-0.15, -0.1) is 0 Å². The molecule has 0 radical (unpaired) electrons. The molecule has 1 N–H and O–H groups in total. The molecule has 1 amide bonds. The average Bonchev–Trinajstić information content (AvgIpc) is 2.27. The van der Waals surface area contributed by atoms with Crippen LogP contribution in [0.3, 0.4) is 0 Å². The molecule has 1 saturated heterocycles. The highest BCUT2D eigenvalue weighted by Gasteiger charge is 2.26. The summed E-state index contributed by atoms with van der Waals surface area (Å²) in [5.41, 5.74) is -0.441. The fraction of sp³-hybridized carbons (Fsp3) is 0.846. The molecule has 5 heteroatoms. The van der Waals surface area contributed by atoms with E-state index in [1.54, 1.807) is 4.90 Å². The number of ether oxygens (including phenoxy) is 1. The molecule has 1 aliphatic rings. The lowest BCUT2D eigenvalue weighted by Crippen LogP contribution is -2.51. The number of hydrogen-bond acceptors (Lipinski definition) is 3. The van der Waals surface area contributed by atoms with Crippen LogP contribution in [-0.2, 0) is 4.74 Å². The number of nitrogens with one attached hydrogen (secondary N) is 1. The van der Waals surface area contributed by atoms with E-state index in [0.717, 1.165) is 25.9 Å². The normalized spacial score (nSPS) is 16.7. The van der Waals surface area contributed by atoms with Crippen molar-refractivity contribution in [2.75, 3.05) is 26.2 Å². The number of amides is 1. The zero-order chi connectivity index (χ0) is 13.8. The summed E-state index contributed by atoms with van der Waals surface area (Å²) in [4.78, 5) is 15.6. The number of amidine groups is 1. The number of carbonyl (C=O) groups excluding carboxylic acids is 1. The molecule has 5 nitrogen and oxygen atoms in total. The lowest BCUT2D eigenvalue weighted by atomic mass is 10.2. The summed E-state index contributed by atoms with van der Waals surface area (Å²) in [5, 5.41) is 7.89. The Morgan fingerprint density at radius 2 is 1.67 bits per heavy atom. The highest BCUT2D eigenvalue weighted by Crippen LogP contribution is 2.12. The van der Waals surface area contributed by atoms with Crippen molar-refractivity contribution >= 4 is 11.9 Å². The summed E-state index contributed by atoms with van der Waals surface area (Å²) in [6, 6.07) is 0. The van der Waals surface area contributed by atoms with Crippen molar-refractivity contribution in [1.29, 1.82) is 5.41 Å². The Balaban J connectivity index is 2.39. The molecule has 1 heterocycles. The molecule has 0 aromatic rings. The van der Waals surface area contributed by atoms with E-state index in [4.69, 9.17) is 10.1 Å². The van der Waals surface area contributed by atoms with Crippen LogP contribution >= 0.6 is 0 Å². The van der Waals surface area contributed by atoms with Gasteiger partial charge in [0.2, 0.25) is 0 Å². The van der Waals surface area contributed by atoms with Gasteiger partial charge in [0.1, 0.15) is 5.60 Å². The molecule has 0 saturated carbocycles. The zero-order valence-corrected chi connectivity index (χ0v) is 12.0. The van der Waals surface area contributed by atoms with Crippen molar-refractivity contribution in [2.24, 2.45) is 0 Å². The molecular formula is C13H25N3O2. The van der Waals surface area contributed by atoms with Crippen molar-refractivity contribution in [3.8, 4) is 0 Å². The summed E-state index contributed by atoms with van der Waals surface area (Å²) < 4.78 is 5.34. The van der Waals surface area contributed by atoms with Gasteiger partial charge in [-0.1, -0.05) is 6.92 Å². The monoisotopic (exact) mass is 255 g/mol. The highest BCUT2D eigenvalue weighted by atomic mass is 16.6. The molecule has 0 bridgehead atoms. The predicted molar refractivity (Wildman–Crippen MR) is 72.0 cm³/mol. The average molecular weight is 255 g/mol. The van der Waals surface area contributed by atoms with Crippen molar-refractivity contribution in [3.63, 3.8) is 0 Å². The SMILES string of the molecule is CCCC(=N)N1CCN(C(=O)OC(C)(C)C)CC1. The second-order valence-electron chi connectivity index (χ2n) is 5.65. The van der Waals surface area contributed by atoms with Crippen LogP contribution in [0.2, 0.25) is 0 Å². The van der Waals surface area contributed by atoms with Gasteiger partial charge in [0.25, 0.3) is 0 Å². The smallest absolute Gasteiger partial charge is 0.410 e. The molecule has 0 aromatic heterocycles. The van der Waals surface area contributed by atoms with Gasteiger partial charge in [0.15, 0.2) is 0 Å². The summed E-state index contributed by atoms with van der Waals surface area (Å²) >= 11 is 0. The number of nitrogens with zero attached hydrogens (tertiary/aromatic N) is 2. The van der Waals surface area contributed by atoms with E-state index in [0.29, 0.717) is 18.9 Å². The molecule has 0 spiro atoms. The maximum atomic E-state index is 11.8. The lowest BCUT2D eigenvalue weighted by Gasteiger charge is -2.36. The van der Waals surface area contributed by atoms with E-state index in [9.17, 15) is 4.79 Å². The molecular weight excluding hydrogens is 230 g/mol. The van der Waals surface area contributed by atoms with Gasteiger partial charge in [-0.25, -0.2) is 4.79 Å². The molecule has 1 rings (SSSR count). The van der Waals surface area contributed by atoms with E-state index >= 15 is 0 Å². The Bertz CT molecular complexity index is 302. The molecule has 104 valence electrons. The second-order valence-corrected chi connectivity index (χ2v) is 5.65. The van der Waals surface area contributed by atoms with Crippen LogP contribution in [0.15, 0.2) is 0 Å². The minimum atomic E-state index is -0.441. The Kier molecular flexibility index (Phi) is 4.99. The van der Waals surface area contributed by atoms with Gasteiger partial charge in [0.05, 0.1) is 5.84 Å². The van der Waals surface area contributed by atoms with E-state index in [2.05, 4.69) is 6.92 Å². The van der Waals surface area contributed by atoms with E-state index in [1.807, 2.05) is 25.7 Å². The number of carbonyl (C=O) groups is 1. The summed E-state index contributed by atoms with van der Waals surface area (Å²) in [6.45, 7) is 10.4. The van der Waals surface area contributed by atoms with Crippen LogP contribution in [0, 0.1) is 5.41 Å². The topological polar surface area (TPSA) is 56.6 Å². The first-order valence-electron chi connectivity index (χ1n) is 6.64. The van der Waals surface area contributed by atoms with Crippen molar-refractivity contribution in [2.45, 2.75) is 46.1 Å². The van der Waals surface area contributed by atoms with Crippen LogP contribution in [0.25, 0.3) is 0 Å². The molecule has 0 aliphatic carbocycles. The minimum Gasteiger partial charge on any atom is -0.444 e. The summed E-state index contributed by atoms with van der Waals surface area (Å²) in [7, 11) is 0. The third-order valence-corrected chi connectivity index (χ3v) is 2.80. The van der Waals surface area contributed by atoms with Gasteiger partial charge in [0, 0.05) is 32.6 Å². The maximum Gasteiger partial charge on any atom is 0.410 e. The molecule has 0 unspecified atom stereocenters. The number of piperazine rings is 1. The van der Waals surface area contributed by atoms with Crippen LogP contribution in [-0.4, -0.2) is 53.5 Å². The van der Waals surface area contributed by atoms with Gasteiger partial charge in [-0.05, 0) is 27.2 Å². The molecule has 18 heavy (non-hydrogen) atoms. The van der Waals surface area contributed by atoms with E-state index in [1.165, 1.54) is 0 Å². The van der Waals surface area contributed by atoms with Gasteiger partial charge < -0.3 is 14.5 Å². The first-order valence-corrected chi connectivity index (χ1v) is 6.64. The maximum absolute atomic E-state index is 11.8. The van der Waals surface area contributed by atoms with Gasteiger partial charge in [-0.2, -0.15) is 0 Å². The summed E-state index contributed by atoms with van der Waals surface area (Å²) in [5.74, 6) is 0.682. The van der Waals surface area contributed by atoms with E-state index < -0.39 is 5.60 Å². The quantitative estimate of drug-likeness (QED) is 0.608. The molecule has 1 aliphatic heterocycles. The van der Waals surface area contributed by atoms with Crippen LogP contribution in [0.1, 0.15) is 40.5 Å². The Morgan fingerprint density at radius 3 is 2.11 bits per heavy atom. The second kappa shape index (κ2) is 6.07. The minimum absolute atomic E-state index is 0.246. The molecule has 1 fully saturated rings. The number of rotatable bonds is 2. The third-order valence-electron chi connectivity index (χ3n) is 2.80. The molecule has 0 atom stereocenters. The largest absolute Gasteiger partial charge is 0.444 e. The molecule has 0 aromatic carbocycles. The first kappa shape index (κ1) is 14.8. The highest BCUT2D eigenvalue weighted by molar-refractivity contribution is 5.79. The zero-order valence-electron chi connectivity index (χ0n) is 12.0. The van der Waals surface area contributed by atoms with Crippen molar-refractivity contribution in [1.82, 2.24) is 9.80 Å². The fourth-order valence-corrected chi connectivity index (χ4v) is 1.88. The Morgan fingerprint density at radius 1 is 1.17 bits per heavy atom. The van der Waals surface area contributed by atoms with Gasteiger partial charge >= 0.3 is 6.09 Å². The third kappa shape index (κ3) is 4.55. The van der Waals surface area contributed by atoms with Crippen LogP contribution < -0.4 is 0 Å². The number of hydrogen-bond donors (Lipinski definition) is 1. The standard InChI is InChI=1S/C13H25N3O2/c1-5-6-11(14)15-7-9-16(10-8-15)12(17)18-13(2,3)4/h14H,5-10H2,1-4H3. The Hall–Kier alpha value is -1.26. The van der Waals surface area contributed by atoms with Crippen molar-refractivity contribution < 1.29 is 9.53 Å². The summed E-state index contributed by atoms with van der Waals surface area (Å²) in [6.07, 6.45) is 1.56.